The summed E-state index contributed by atoms with van der Waals surface area (Å²) in [5.74, 6) is -0.941. The largest absolute Gasteiger partial charge is 0.489 e. The number of anilines is 1. The van der Waals surface area contributed by atoms with Gasteiger partial charge in [-0.1, -0.05) is 60.2 Å². The number of amides is 2. The number of rotatable bonds is 6. The second kappa shape index (κ2) is 10.0. The van der Waals surface area contributed by atoms with Crippen molar-refractivity contribution >= 4 is 23.7 Å². The molecule has 3 aromatic rings. The van der Waals surface area contributed by atoms with Crippen LogP contribution in [0.15, 0.2) is 77.9 Å². The van der Waals surface area contributed by atoms with Gasteiger partial charge in [-0.25, -0.2) is 5.43 Å². The van der Waals surface area contributed by atoms with Gasteiger partial charge in [-0.15, -0.1) is 0 Å². The Hall–Kier alpha value is -3.93. The summed E-state index contributed by atoms with van der Waals surface area (Å²) in [5, 5.41) is 6.44. The van der Waals surface area contributed by atoms with Crippen molar-refractivity contribution in [3.05, 3.63) is 95.1 Å². The van der Waals surface area contributed by atoms with Gasteiger partial charge in [0, 0.05) is 5.69 Å². The first-order chi connectivity index (χ1) is 14.5. The second-order valence-electron chi connectivity index (χ2n) is 6.82. The molecule has 0 atom stereocenters. The zero-order valence-corrected chi connectivity index (χ0v) is 16.9. The predicted octanol–water partition coefficient (Wildman–Crippen LogP) is 3.97. The molecule has 6 nitrogen and oxygen atoms in total. The minimum Gasteiger partial charge on any atom is -0.489 e. The van der Waals surface area contributed by atoms with Gasteiger partial charge in [-0.2, -0.15) is 5.10 Å². The van der Waals surface area contributed by atoms with Crippen LogP contribution in [-0.4, -0.2) is 18.0 Å². The van der Waals surface area contributed by atoms with Crippen LogP contribution in [0.3, 0.4) is 0 Å². The van der Waals surface area contributed by atoms with Gasteiger partial charge in [0.25, 0.3) is 0 Å². The van der Waals surface area contributed by atoms with Crippen LogP contribution >= 0.6 is 0 Å². The van der Waals surface area contributed by atoms with Crippen molar-refractivity contribution in [3.63, 3.8) is 0 Å². The number of carbonyl (C=O) groups is 2. The lowest BCUT2D eigenvalue weighted by molar-refractivity contribution is -0.136. The highest BCUT2D eigenvalue weighted by Gasteiger charge is 2.13. The van der Waals surface area contributed by atoms with Gasteiger partial charge in [0.2, 0.25) is 0 Å². The number of nitrogens with zero attached hydrogens (tertiary/aromatic N) is 1. The van der Waals surface area contributed by atoms with Crippen molar-refractivity contribution in [2.45, 2.75) is 20.5 Å². The van der Waals surface area contributed by atoms with Crippen LogP contribution in [0, 0.1) is 13.8 Å². The Labute approximate surface area is 175 Å². The first kappa shape index (κ1) is 20.8. The number of hydrogen-bond acceptors (Lipinski definition) is 4. The Kier molecular flexibility index (Phi) is 6.95. The molecule has 2 N–H and O–H groups in total. The smallest absolute Gasteiger partial charge is 0.329 e. The van der Waals surface area contributed by atoms with Gasteiger partial charge in [0.1, 0.15) is 12.4 Å². The summed E-state index contributed by atoms with van der Waals surface area (Å²) < 4.78 is 5.77. The van der Waals surface area contributed by atoms with Crippen molar-refractivity contribution in [2.75, 3.05) is 5.32 Å². The van der Waals surface area contributed by atoms with Crippen LogP contribution in [0.25, 0.3) is 0 Å². The molecule has 0 saturated heterocycles. The molecule has 0 fully saturated rings. The number of nitrogens with one attached hydrogen (secondary N) is 2. The van der Waals surface area contributed by atoms with Crippen LogP contribution in [0.2, 0.25) is 0 Å². The SMILES string of the molecule is Cc1ccc(NC(=O)C(=O)NN=Cc2cccc(OCc3ccccc3)c2)c(C)c1. The van der Waals surface area contributed by atoms with E-state index in [1.165, 1.54) is 6.21 Å². The van der Waals surface area contributed by atoms with E-state index in [4.69, 9.17) is 4.74 Å². The molecule has 0 unspecified atom stereocenters. The van der Waals surface area contributed by atoms with E-state index in [1.807, 2.05) is 74.5 Å². The third-order valence-corrected chi connectivity index (χ3v) is 4.32. The van der Waals surface area contributed by atoms with Crippen molar-refractivity contribution in [1.82, 2.24) is 5.43 Å². The minimum absolute atomic E-state index is 0.455. The lowest BCUT2D eigenvalue weighted by Crippen LogP contribution is -2.32. The second-order valence-corrected chi connectivity index (χ2v) is 6.82. The van der Waals surface area contributed by atoms with Crippen LogP contribution in [0.5, 0.6) is 5.75 Å². The molecule has 0 heterocycles. The molecule has 0 saturated carbocycles. The van der Waals surface area contributed by atoms with E-state index in [2.05, 4.69) is 15.8 Å². The Morgan fingerprint density at radius 3 is 2.50 bits per heavy atom. The Morgan fingerprint density at radius 1 is 0.933 bits per heavy atom. The van der Waals surface area contributed by atoms with E-state index in [0.29, 0.717) is 18.0 Å². The summed E-state index contributed by atoms with van der Waals surface area (Å²) in [5.41, 5.74) is 6.59. The zero-order chi connectivity index (χ0) is 21.3. The summed E-state index contributed by atoms with van der Waals surface area (Å²) in [4.78, 5) is 24.0. The van der Waals surface area contributed by atoms with E-state index in [0.717, 1.165) is 22.3 Å². The van der Waals surface area contributed by atoms with Crippen LogP contribution in [-0.2, 0) is 16.2 Å². The maximum Gasteiger partial charge on any atom is 0.329 e. The van der Waals surface area contributed by atoms with Crippen LogP contribution in [0.1, 0.15) is 22.3 Å². The number of ether oxygens (including phenoxy) is 1. The predicted molar refractivity (Wildman–Crippen MR) is 117 cm³/mol. The average Bonchev–Trinajstić information content (AvgIpc) is 2.75. The van der Waals surface area contributed by atoms with Gasteiger partial charge in [0.15, 0.2) is 0 Å². The molecule has 0 aliphatic rings. The van der Waals surface area contributed by atoms with E-state index in [1.54, 1.807) is 12.1 Å². The number of benzene rings is 3. The highest BCUT2D eigenvalue weighted by Crippen LogP contribution is 2.16. The molecule has 30 heavy (non-hydrogen) atoms. The fraction of sp³-hybridized carbons (Fsp3) is 0.125. The van der Waals surface area contributed by atoms with Crippen molar-refractivity contribution in [3.8, 4) is 5.75 Å². The molecular weight excluding hydrogens is 378 g/mol. The molecule has 3 aromatic carbocycles. The quantitative estimate of drug-likeness (QED) is 0.373. The summed E-state index contributed by atoms with van der Waals surface area (Å²) in [7, 11) is 0. The summed E-state index contributed by atoms with van der Waals surface area (Å²) in [6.45, 7) is 4.28. The van der Waals surface area contributed by atoms with Gasteiger partial charge >= 0.3 is 11.8 Å². The summed E-state index contributed by atoms with van der Waals surface area (Å²) in [6, 6.07) is 22.7. The van der Waals surface area contributed by atoms with Gasteiger partial charge < -0.3 is 10.1 Å². The molecular formula is C24H23N3O3. The van der Waals surface area contributed by atoms with Crippen molar-refractivity contribution in [2.24, 2.45) is 5.10 Å². The van der Waals surface area contributed by atoms with Gasteiger partial charge in [-0.3, -0.25) is 9.59 Å². The lowest BCUT2D eigenvalue weighted by Gasteiger charge is -2.08. The maximum atomic E-state index is 12.0. The lowest BCUT2D eigenvalue weighted by atomic mass is 10.1. The number of hydrazone groups is 1. The number of aryl methyl sites for hydroxylation is 2. The fourth-order valence-electron chi connectivity index (χ4n) is 2.77. The van der Waals surface area contributed by atoms with Gasteiger partial charge in [-0.05, 0) is 48.7 Å². The highest BCUT2D eigenvalue weighted by atomic mass is 16.5. The standard InChI is InChI=1S/C24H23N3O3/c1-17-11-12-22(18(2)13-17)26-23(28)24(29)27-25-15-20-9-6-10-21(14-20)30-16-19-7-4-3-5-8-19/h3-15H,16H2,1-2H3,(H,26,28)(H,27,29). The molecule has 3 rings (SSSR count). The molecule has 0 radical (unpaired) electrons. The third kappa shape index (κ3) is 6.04. The fourth-order valence-corrected chi connectivity index (χ4v) is 2.77. The molecule has 2 amide bonds. The van der Waals surface area contributed by atoms with Gasteiger partial charge in [0.05, 0.1) is 6.21 Å². The Balaban J connectivity index is 1.52. The molecule has 0 aromatic heterocycles. The third-order valence-electron chi connectivity index (χ3n) is 4.32. The average molecular weight is 401 g/mol. The molecule has 0 aliphatic carbocycles. The monoisotopic (exact) mass is 401 g/mol. The van der Waals surface area contributed by atoms with E-state index in [9.17, 15) is 9.59 Å². The first-order valence-corrected chi connectivity index (χ1v) is 9.50. The summed E-state index contributed by atoms with van der Waals surface area (Å²) >= 11 is 0. The molecule has 0 aliphatic heterocycles. The van der Waals surface area contributed by atoms with E-state index < -0.39 is 11.8 Å². The molecule has 6 heteroatoms. The van der Waals surface area contributed by atoms with E-state index >= 15 is 0 Å². The maximum absolute atomic E-state index is 12.0. The molecule has 0 bridgehead atoms. The van der Waals surface area contributed by atoms with Crippen LogP contribution < -0.4 is 15.5 Å². The Bertz CT molecular complexity index is 1060. The first-order valence-electron chi connectivity index (χ1n) is 9.50. The van der Waals surface area contributed by atoms with Crippen molar-refractivity contribution in [1.29, 1.82) is 0 Å². The highest BCUT2D eigenvalue weighted by molar-refractivity contribution is 6.39. The number of carbonyl (C=O) groups excluding carboxylic acids is 2. The summed E-state index contributed by atoms with van der Waals surface area (Å²) in [6.07, 6.45) is 1.46. The van der Waals surface area contributed by atoms with Crippen molar-refractivity contribution < 1.29 is 14.3 Å². The molecule has 0 spiro atoms. The number of hydrogen-bond donors (Lipinski definition) is 2. The molecule has 152 valence electrons. The normalized spacial score (nSPS) is 10.6. The minimum atomic E-state index is -0.845. The van der Waals surface area contributed by atoms with E-state index in [-0.39, 0.29) is 0 Å². The Morgan fingerprint density at radius 2 is 1.73 bits per heavy atom. The topological polar surface area (TPSA) is 79.8 Å². The zero-order valence-electron chi connectivity index (χ0n) is 16.9. The van der Waals surface area contributed by atoms with Crippen LogP contribution in [0.4, 0.5) is 5.69 Å².